The van der Waals surface area contributed by atoms with Gasteiger partial charge in [0.1, 0.15) is 5.75 Å². The zero-order valence-electron chi connectivity index (χ0n) is 16.7. The highest BCUT2D eigenvalue weighted by Gasteiger charge is 2.23. The summed E-state index contributed by atoms with van der Waals surface area (Å²) in [6.07, 6.45) is 0.475. The van der Waals surface area contributed by atoms with Gasteiger partial charge in [-0.3, -0.25) is 4.79 Å². The molecule has 0 radical (unpaired) electrons. The summed E-state index contributed by atoms with van der Waals surface area (Å²) in [6, 6.07) is 22.6. The number of benzene rings is 3. The van der Waals surface area contributed by atoms with Gasteiger partial charge in [-0.2, -0.15) is 0 Å². The van der Waals surface area contributed by atoms with Crippen molar-refractivity contribution in [3.05, 3.63) is 95.9 Å². The van der Waals surface area contributed by atoms with Crippen molar-refractivity contribution in [2.24, 2.45) is 0 Å². The quantitative estimate of drug-likeness (QED) is 0.487. The number of carbonyl (C=O) groups is 1. The molecule has 0 aliphatic rings. The first kappa shape index (κ1) is 19.4. The molecule has 0 bridgehead atoms. The lowest BCUT2D eigenvalue weighted by atomic mass is 10.1. The third kappa shape index (κ3) is 4.38. The molecule has 0 saturated carbocycles. The predicted molar refractivity (Wildman–Crippen MR) is 114 cm³/mol. The van der Waals surface area contributed by atoms with Gasteiger partial charge in [-0.05, 0) is 55.3 Å². The van der Waals surface area contributed by atoms with Gasteiger partial charge in [0.2, 0.25) is 18.4 Å². The Morgan fingerprint density at radius 2 is 1.77 bits per heavy atom. The summed E-state index contributed by atoms with van der Waals surface area (Å²) in [5.74, 6) is 0.743. The van der Waals surface area contributed by atoms with Gasteiger partial charge in [0.05, 0.1) is 0 Å². The maximum atomic E-state index is 13.2. The molecule has 0 unspecified atom stereocenters. The van der Waals surface area contributed by atoms with Gasteiger partial charge in [0, 0.05) is 16.8 Å². The van der Waals surface area contributed by atoms with Gasteiger partial charge < -0.3 is 14.5 Å². The summed E-state index contributed by atoms with van der Waals surface area (Å²) in [4.78, 5) is 13.2. The van der Waals surface area contributed by atoms with Gasteiger partial charge in [-0.15, -0.1) is 10.2 Å². The van der Waals surface area contributed by atoms with Crippen LogP contribution in [0.5, 0.6) is 5.75 Å². The van der Waals surface area contributed by atoms with Gasteiger partial charge in [-0.1, -0.05) is 42.5 Å². The van der Waals surface area contributed by atoms with Crippen LogP contribution >= 0.6 is 0 Å². The maximum absolute atomic E-state index is 13.2. The number of aryl methyl sites for hydroxylation is 2. The minimum absolute atomic E-state index is 0.240. The lowest BCUT2D eigenvalue weighted by molar-refractivity contribution is -0.123. The van der Waals surface area contributed by atoms with Crippen molar-refractivity contribution in [3.63, 3.8) is 0 Å². The number of nitrogens with zero attached hydrogens (tertiary/aromatic N) is 2. The average Bonchev–Trinajstić information content (AvgIpc) is 3.30. The zero-order chi connectivity index (χ0) is 20.9. The number of aromatic nitrogens is 2. The average molecular weight is 399 g/mol. The minimum Gasteiger partial charge on any atom is -0.476 e. The van der Waals surface area contributed by atoms with Crippen LogP contribution in [0, 0.1) is 13.8 Å². The third-order valence-corrected chi connectivity index (χ3v) is 4.71. The molecule has 0 aliphatic heterocycles. The molecule has 0 aliphatic carbocycles. The van der Waals surface area contributed by atoms with Crippen molar-refractivity contribution in [2.75, 3.05) is 5.32 Å². The monoisotopic (exact) mass is 399 g/mol. The van der Waals surface area contributed by atoms with Crippen molar-refractivity contribution in [2.45, 2.75) is 20.0 Å². The molecule has 0 fully saturated rings. The summed E-state index contributed by atoms with van der Waals surface area (Å²) >= 11 is 0. The molecule has 1 heterocycles. The normalized spacial score (nSPS) is 11.7. The third-order valence-electron chi connectivity index (χ3n) is 4.71. The Hall–Kier alpha value is -3.93. The smallest absolute Gasteiger partial charge is 0.270 e. The lowest BCUT2D eigenvalue weighted by Gasteiger charge is -2.20. The topological polar surface area (TPSA) is 77.2 Å². The molecular weight excluding hydrogens is 378 g/mol. The highest BCUT2D eigenvalue weighted by molar-refractivity contribution is 5.95. The van der Waals surface area contributed by atoms with E-state index < -0.39 is 6.10 Å². The van der Waals surface area contributed by atoms with E-state index in [-0.39, 0.29) is 5.91 Å². The van der Waals surface area contributed by atoms with Crippen LogP contribution in [-0.2, 0) is 4.79 Å². The fourth-order valence-corrected chi connectivity index (χ4v) is 3.08. The molecule has 150 valence electrons. The summed E-state index contributed by atoms with van der Waals surface area (Å²) in [7, 11) is 0. The number of rotatable bonds is 6. The first-order valence-corrected chi connectivity index (χ1v) is 9.56. The standard InChI is InChI=1S/C24H21N3O3/c1-16-8-9-17(2)21(14-16)26-23(28)22(18-6-4-3-5-7-18)30-20-12-10-19(11-13-20)24-27-25-15-29-24/h3-15,22H,1-2H3,(H,26,28)/t22-/m0/s1. The van der Waals surface area contributed by atoms with E-state index in [0.717, 1.165) is 27.9 Å². The first-order chi connectivity index (χ1) is 14.6. The number of hydrogen-bond acceptors (Lipinski definition) is 5. The number of ether oxygens (including phenoxy) is 1. The summed E-state index contributed by atoms with van der Waals surface area (Å²) in [5, 5.41) is 10.6. The Labute approximate surface area is 174 Å². The van der Waals surface area contributed by atoms with Gasteiger partial charge in [0.25, 0.3) is 5.91 Å². The van der Waals surface area contributed by atoms with Gasteiger partial charge >= 0.3 is 0 Å². The second-order valence-electron chi connectivity index (χ2n) is 6.98. The van der Waals surface area contributed by atoms with Crippen LogP contribution in [0.2, 0.25) is 0 Å². The Bertz CT molecular complexity index is 1120. The molecule has 30 heavy (non-hydrogen) atoms. The zero-order valence-corrected chi connectivity index (χ0v) is 16.7. The molecule has 1 N–H and O–H groups in total. The highest BCUT2D eigenvalue weighted by Crippen LogP contribution is 2.27. The van der Waals surface area contributed by atoms with E-state index in [1.54, 1.807) is 12.1 Å². The van der Waals surface area contributed by atoms with Crippen molar-refractivity contribution in [1.29, 1.82) is 0 Å². The molecule has 0 saturated heterocycles. The van der Waals surface area contributed by atoms with Crippen molar-refractivity contribution >= 4 is 11.6 Å². The lowest BCUT2D eigenvalue weighted by Crippen LogP contribution is -2.26. The molecular formula is C24H21N3O3. The van der Waals surface area contributed by atoms with Crippen LogP contribution in [0.3, 0.4) is 0 Å². The molecule has 4 aromatic rings. The summed E-state index contributed by atoms with van der Waals surface area (Å²) < 4.78 is 11.3. The Morgan fingerprint density at radius 1 is 1.00 bits per heavy atom. The van der Waals surface area contributed by atoms with Crippen LogP contribution in [0.25, 0.3) is 11.5 Å². The second kappa shape index (κ2) is 8.61. The van der Waals surface area contributed by atoms with Crippen LogP contribution in [0.1, 0.15) is 22.8 Å². The molecule has 6 heteroatoms. The summed E-state index contributed by atoms with van der Waals surface area (Å²) in [5.41, 5.74) is 4.38. The SMILES string of the molecule is Cc1ccc(C)c(NC(=O)[C@@H](Oc2ccc(-c3nnco3)cc2)c2ccccc2)c1. The van der Waals surface area contributed by atoms with E-state index >= 15 is 0 Å². The van der Waals surface area contributed by atoms with Gasteiger partial charge in [-0.25, -0.2) is 0 Å². The van der Waals surface area contributed by atoms with E-state index in [9.17, 15) is 4.79 Å². The van der Waals surface area contributed by atoms with E-state index in [0.29, 0.717) is 11.6 Å². The maximum Gasteiger partial charge on any atom is 0.270 e. The number of anilines is 1. The van der Waals surface area contributed by atoms with E-state index in [1.807, 2.05) is 74.5 Å². The van der Waals surface area contributed by atoms with Crippen molar-refractivity contribution in [3.8, 4) is 17.2 Å². The van der Waals surface area contributed by atoms with Crippen LogP contribution in [0.4, 0.5) is 5.69 Å². The van der Waals surface area contributed by atoms with E-state index in [4.69, 9.17) is 9.15 Å². The molecule has 1 atom stereocenters. The number of carbonyl (C=O) groups excluding carboxylic acids is 1. The molecule has 3 aromatic carbocycles. The van der Waals surface area contributed by atoms with Crippen LogP contribution in [0.15, 0.2) is 83.6 Å². The summed E-state index contributed by atoms with van der Waals surface area (Å²) in [6.45, 7) is 3.95. The molecule has 4 rings (SSSR count). The molecule has 1 aromatic heterocycles. The molecule has 1 amide bonds. The minimum atomic E-state index is -0.805. The second-order valence-corrected chi connectivity index (χ2v) is 6.98. The van der Waals surface area contributed by atoms with E-state index in [2.05, 4.69) is 15.5 Å². The Kier molecular flexibility index (Phi) is 5.57. The van der Waals surface area contributed by atoms with Crippen LogP contribution in [-0.4, -0.2) is 16.1 Å². The fraction of sp³-hybridized carbons (Fsp3) is 0.125. The number of hydrogen-bond donors (Lipinski definition) is 1. The van der Waals surface area contributed by atoms with Crippen molar-refractivity contribution < 1.29 is 13.9 Å². The first-order valence-electron chi connectivity index (χ1n) is 9.56. The predicted octanol–water partition coefficient (Wildman–Crippen LogP) is 5.11. The van der Waals surface area contributed by atoms with Crippen molar-refractivity contribution in [1.82, 2.24) is 10.2 Å². The number of amides is 1. The van der Waals surface area contributed by atoms with E-state index in [1.165, 1.54) is 6.39 Å². The molecule has 0 spiro atoms. The molecule has 6 nitrogen and oxygen atoms in total. The fourth-order valence-electron chi connectivity index (χ4n) is 3.08. The largest absolute Gasteiger partial charge is 0.476 e. The highest BCUT2D eigenvalue weighted by atomic mass is 16.5. The number of nitrogens with one attached hydrogen (secondary N) is 1. The Morgan fingerprint density at radius 3 is 2.47 bits per heavy atom. The van der Waals surface area contributed by atoms with Crippen LogP contribution < -0.4 is 10.1 Å². The van der Waals surface area contributed by atoms with Gasteiger partial charge in [0.15, 0.2) is 0 Å². The Balaban J connectivity index is 1.59.